The van der Waals surface area contributed by atoms with Crippen LogP contribution in [-0.4, -0.2) is 55.9 Å². The second-order valence-corrected chi connectivity index (χ2v) is 9.20. The van der Waals surface area contributed by atoms with Crippen molar-refractivity contribution in [2.24, 2.45) is 5.92 Å². The van der Waals surface area contributed by atoms with Crippen LogP contribution in [0.15, 0.2) is 35.7 Å². The molecule has 140 valence electrons. The van der Waals surface area contributed by atoms with E-state index in [2.05, 4.69) is 6.58 Å². The number of benzene rings is 1. The highest BCUT2D eigenvalue weighted by Crippen LogP contribution is 2.39. The molecule has 0 aromatic heterocycles. The SMILES string of the molecule is C=CC(=O)N1CCCC(C(=O)N(C)C2CS(=O)(=O)c3ccc(Cl)cc32)C1. The van der Waals surface area contributed by atoms with Crippen LogP contribution in [0.5, 0.6) is 0 Å². The number of carbonyl (C=O) groups excluding carboxylic acids is 2. The maximum Gasteiger partial charge on any atom is 0.245 e. The molecule has 2 aliphatic heterocycles. The van der Waals surface area contributed by atoms with E-state index in [1.807, 2.05) is 0 Å². The molecule has 0 bridgehead atoms. The molecule has 0 aliphatic carbocycles. The lowest BCUT2D eigenvalue weighted by Crippen LogP contribution is -2.46. The predicted molar refractivity (Wildman–Crippen MR) is 98.5 cm³/mol. The highest BCUT2D eigenvalue weighted by Gasteiger charge is 2.40. The van der Waals surface area contributed by atoms with Crippen molar-refractivity contribution in [3.8, 4) is 0 Å². The summed E-state index contributed by atoms with van der Waals surface area (Å²) in [5.41, 5.74) is 0.559. The van der Waals surface area contributed by atoms with Gasteiger partial charge in [0, 0.05) is 25.2 Å². The molecule has 6 nitrogen and oxygen atoms in total. The van der Waals surface area contributed by atoms with Gasteiger partial charge in [-0.05, 0) is 42.7 Å². The molecule has 0 N–H and O–H groups in total. The molecule has 3 rings (SSSR count). The summed E-state index contributed by atoms with van der Waals surface area (Å²) < 4.78 is 24.8. The largest absolute Gasteiger partial charge is 0.338 e. The minimum atomic E-state index is -3.44. The lowest BCUT2D eigenvalue weighted by Gasteiger charge is -2.35. The molecule has 0 spiro atoms. The van der Waals surface area contributed by atoms with Gasteiger partial charge in [-0.1, -0.05) is 18.2 Å². The number of piperidine rings is 1. The van der Waals surface area contributed by atoms with E-state index in [4.69, 9.17) is 11.6 Å². The fraction of sp³-hybridized carbons (Fsp3) is 0.444. The third-order valence-corrected chi connectivity index (χ3v) is 7.15. The summed E-state index contributed by atoms with van der Waals surface area (Å²) in [6, 6.07) is 4.09. The predicted octanol–water partition coefficient (Wildman–Crippen LogP) is 2.05. The molecule has 2 aliphatic rings. The van der Waals surface area contributed by atoms with Crippen LogP contribution in [0.2, 0.25) is 5.02 Å². The van der Waals surface area contributed by atoms with Crippen LogP contribution in [0.1, 0.15) is 24.4 Å². The van der Waals surface area contributed by atoms with Crippen LogP contribution in [0.25, 0.3) is 0 Å². The first-order chi connectivity index (χ1) is 12.2. The molecule has 2 heterocycles. The van der Waals surface area contributed by atoms with Gasteiger partial charge in [-0.2, -0.15) is 0 Å². The molecular weight excluding hydrogens is 376 g/mol. The lowest BCUT2D eigenvalue weighted by atomic mass is 9.95. The molecule has 1 fully saturated rings. The Hall–Kier alpha value is -1.86. The molecule has 0 saturated carbocycles. The zero-order valence-electron chi connectivity index (χ0n) is 14.5. The highest BCUT2D eigenvalue weighted by molar-refractivity contribution is 7.91. The van der Waals surface area contributed by atoms with Crippen molar-refractivity contribution in [3.05, 3.63) is 41.4 Å². The first-order valence-electron chi connectivity index (χ1n) is 8.45. The molecule has 1 saturated heterocycles. The van der Waals surface area contributed by atoms with E-state index < -0.39 is 15.9 Å². The molecule has 1 aromatic rings. The van der Waals surface area contributed by atoms with Crippen LogP contribution in [0.3, 0.4) is 0 Å². The Balaban J connectivity index is 1.83. The third-order valence-electron chi connectivity index (χ3n) is 5.12. The molecule has 2 unspecified atom stereocenters. The molecular formula is C18H21ClN2O4S. The standard InChI is InChI=1S/C18H21ClN2O4S/c1-3-17(22)21-8-4-5-12(10-21)18(23)20(2)15-11-26(24,25)16-7-6-13(19)9-14(15)16/h3,6-7,9,12,15H,1,4-5,8,10-11H2,2H3. The van der Waals surface area contributed by atoms with Crippen LogP contribution < -0.4 is 0 Å². The second-order valence-electron chi connectivity index (χ2n) is 6.76. The minimum Gasteiger partial charge on any atom is -0.338 e. The van der Waals surface area contributed by atoms with Crippen LogP contribution in [0.4, 0.5) is 0 Å². The van der Waals surface area contributed by atoms with E-state index in [-0.39, 0.29) is 28.4 Å². The van der Waals surface area contributed by atoms with Crippen molar-refractivity contribution < 1.29 is 18.0 Å². The number of sulfone groups is 1. The smallest absolute Gasteiger partial charge is 0.245 e. The number of likely N-dealkylation sites (tertiary alicyclic amines) is 1. The van der Waals surface area contributed by atoms with Crippen LogP contribution in [-0.2, 0) is 19.4 Å². The zero-order valence-corrected chi connectivity index (χ0v) is 16.1. The summed E-state index contributed by atoms with van der Waals surface area (Å²) in [6.07, 6.45) is 2.65. The summed E-state index contributed by atoms with van der Waals surface area (Å²) in [6.45, 7) is 4.42. The molecule has 8 heteroatoms. The first kappa shape index (κ1) is 18.9. The van der Waals surface area contributed by atoms with Crippen molar-refractivity contribution in [1.29, 1.82) is 0 Å². The van der Waals surface area contributed by atoms with E-state index in [9.17, 15) is 18.0 Å². The Labute approximate surface area is 158 Å². The normalized spacial score (nSPS) is 24.0. The number of rotatable bonds is 3. The highest BCUT2D eigenvalue weighted by atomic mass is 35.5. The molecule has 2 amide bonds. The van der Waals surface area contributed by atoms with Crippen molar-refractivity contribution in [3.63, 3.8) is 0 Å². The van der Waals surface area contributed by atoms with Crippen LogP contribution in [0, 0.1) is 5.92 Å². The molecule has 26 heavy (non-hydrogen) atoms. The van der Waals surface area contributed by atoms with Gasteiger partial charge < -0.3 is 9.80 Å². The average Bonchev–Trinajstić information content (AvgIpc) is 2.90. The number of carbonyl (C=O) groups is 2. The quantitative estimate of drug-likeness (QED) is 0.733. The summed E-state index contributed by atoms with van der Waals surface area (Å²) in [7, 11) is -1.82. The maximum absolute atomic E-state index is 13.0. The molecule has 1 aromatic carbocycles. The Morgan fingerprint density at radius 2 is 2.12 bits per heavy atom. The van der Waals surface area contributed by atoms with Gasteiger partial charge in [-0.25, -0.2) is 8.42 Å². The average molecular weight is 397 g/mol. The summed E-state index contributed by atoms with van der Waals surface area (Å²) in [5.74, 6) is -0.832. The second kappa shape index (κ2) is 7.04. The third kappa shape index (κ3) is 3.38. The number of hydrogen-bond donors (Lipinski definition) is 0. The maximum atomic E-state index is 13.0. The summed E-state index contributed by atoms with van der Waals surface area (Å²) in [4.78, 5) is 28.2. The Morgan fingerprint density at radius 1 is 1.38 bits per heavy atom. The van der Waals surface area contributed by atoms with Crippen molar-refractivity contribution in [2.45, 2.75) is 23.8 Å². The number of halogens is 1. The number of fused-ring (bicyclic) bond motifs is 1. The van der Waals surface area contributed by atoms with E-state index >= 15 is 0 Å². The van der Waals surface area contributed by atoms with Gasteiger partial charge in [0.1, 0.15) is 0 Å². The van der Waals surface area contributed by atoms with Crippen molar-refractivity contribution in [2.75, 3.05) is 25.9 Å². The lowest BCUT2D eigenvalue weighted by molar-refractivity contribution is -0.139. The minimum absolute atomic E-state index is 0.146. The fourth-order valence-electron chi connectivity index (χ4n) is 3.72. The zero-order chi connectivity index (χ0) is 19.1. The van der Waals surface area contributed by atoms with Gasteiger partial charge in [0.05, 0.1) is 22.6 Å². The van der Waals surface area contributed by atoms with Gasteiger partial charge >= 0.3 is 0 Å². The van der Waals surface area contributed by atoms with Crippen LogP contribution >= 0.6 is 11.6 Å². The van der Waals surface area contributed by atoms with Crippen molar-refractivity contribution in [1.82, 2.24) is 9.80 Å². The van der Waals surface area contributed by atoms with E-state index in [1.54, 1.807) is 24.1 Å². The van der Waals surface area contributed by atoms with Gasteiger partial charge in [-0.15, -0.1) is 0 Å². The van der Waals surface area contributed by atoms with E-state index in [0.29, 0.717) is 30.1 Å². The van der Waals surface area contributed by atoms with Crippen molar-refractivity contribution >= 4 is 33.3 Å². The molecule has 2 atom stereocenters. The fourth-order valence-corrected chi connectivity index (χ4v) is 5.73. The van der Waals surface area contributed by atoms with Gasteiger partial charge in [0.2, 0.25) is 11.8 Å². The number of hydrogen-bond acceptors (Lipinski definition) is 4. The Morgan fingerprint density at radius 3 is 2.81 bits per heavy atom. The topological polar surface area (TPSA) is 74.8 Å². The van der Waals surface area contributed by atoms with Gasteiger partial charge in [-0.3, -0.25) is 9.59 Å². The summed E-state index contributed by atoms with van der Waals surface area (Å²) in [5, 5.41) is 0.437. The monoisotopic (exact) mass is 396 g/mol. The van der Waals surface area contributed by atoms with E-state index in [0.717, 1.165) is 6.42 Å². The van der Waals surface area contributed by atoms with Gasteiger partial charge in [0.25, 0.3) is 0 Å². The van der Waals surface area contributed by atoms with Gasteiger partial charge in [0.15, 0.2) is 9.84 Å². The summed E-state index contributed by atoms with van der Waals surface area (Å²) >= 11 is 6.03. The van der Waals surface area contributed by atoms with E-state index in [1.165, 1.54) is 17.0 Å². The Kier molecular flexibility index (Phi) is 5.12. The Bertz CT molecular complexity index is 868. The number of nitrogens with zero attached hydrogens (tertiary/aromatic N) is 2. The first-order valence-corrected chi connectivity index (χ1v) is 10.5. The number of amides is 2. The molecule has 0 radical (unpaired) electrons.